The average Bonchev–Trinajstić information content (AvgIpc) is 1.99. The van der Waals surface area contributed by atoms with Gasteiger partial charge >= 0.3 is 0 Å². The van der Waals surface area contributed by atoms with E-state index < -0.39 is 0 Å². The molecule has 0 atom stereocenters. The van der Waals surface area contributed by atoms with Crippen LogP contribution in [0.1, 0.15) is 61.3 Å². The molecular weight excluding hydrogens is 186 g/mol. The largest absolute Gasteiger partial charge is 0.396 e. The summed E-state index contributed by atoms with van der Waals surface area (Å²) in [5, 5.41) is 4.29. The van der Waals surface area contributed by atoms with Crippen molar-refractivity contribution in [2.45, 2.75) is 61.3 Å². The Kier molecular flexibility index (Phi) is 5.33. The Hall–Kier alpha value is -0.530. The quantitative estimate of drug-likeness (QED) is 0.388. The molecule has 0 aliphatic rings. The van der Waals surface area contributed by atoms with Gasteiger partial charge in [0.05, 0.1) is 5.71 Å². The van der Waals surface area contributed by atoms with Crippen molar-refractivity contribution >= 4 is 5.71 Å². The Morgan fingerprint density at radius 3 is 1.93 bits per heavy atom. The maximum absolute atomic E-state index is 5.31. The van der Waals surface area contributed by atoms with Crippen molar-refractivity contribution in [3.8, 4) is 0 Å². The van der Waals surface area contributed by atoms with Crippen molar-refractivity contribution in [1.82, 2.24) is 0 Å². The summed E-state index contributed by atoms with van der Waals surface area (Å²) in [4.78, 5) is 5.31. The number of oxime groups is 1. The van der Waals surface area contributed by atoms with Crippen molar-refractivity contribution in [2.75, 3.05) is 6.61 Å². The summed E-state index contributed by atoms with van der Waals surface area (Å²) in [6.07, 6.45) is 2.00. The van der Waals surface area contributed by atoms with Crippen LogP contribution < -0.4 is 0 Å². The standard InChI is InChI=1S/C13H27NO/c1-8-9-15-14-11(13(5,6)7)10-12(2,3)4/h8-10H2,1-7H3. The van der Waals surface area contributed by atoms with E-state index in [0.29, 0.717) is 6.61 Å². The van der Waals surface area contributed by atoms with Crippen LogP contribution in [0.15, 0.2) is 5.16 Å². The molecule has 0 heterocycles. The molecular formula is C13H27NO. The fourth-order valence-corrected chi connectivity index (χ4v) is 1.15. The first kappa shape index (κ1) is 14.5. The van der Waals surface area contributed by atoms with Gasteiger partial charge in [-0.05, 0) is 18.3 Å². The van der Waals surface area contributed by atoms with Crippen molar-refractivity contribution < 1.29 is 4.84 Å². The minimum absolute atomic E-state index is 0.0982. The van der Waals surface area contributed by atoms with Crippen molar-refractivity contribution in [3.05, 3.63) is 0 Å². The molecule has 0 N–H and O–H groups in total. The molecule has 0 aliphatic heterocycles. The van der Waals surface area contributed by atoms with Crippen molar-refractivity contribution in [1.29, 1.82) is 0 Å². The fraction of sp³-hybridized carbons (Fsp3) is 0.923. The number of rotatable bonds is 4. The van der Waals surface area contributed by atoms with Crippen LogP contribution in [-0.4, -0.2) is 12.3 Å². The summed E-state index contributed by atoms with van der Waals surface area (Å²) in [7, 11) is 0. The highest BCUT2D eigenvalue weighted by Crippen LogP contribution is 2.28. The third-order valence-electron chi connectivity index (χ3n) is 2.03. The fourth-order valence-electron chi connectivity index (χ4n) is 1.15. The van der Waals surface area contributed by atoms with Gasteiger partial charge in [0.25, 0.3) is 0 Å². The number of nitrogens with zero attached hydrogens (tertiary/aromatic N) is 1. The minimum atomic E-state index is 0.0982. The molecule has 0 spiro atoms. The highest BCUT2D eigenvalue weighted by Gasteiger charge is 2.25. The summed E-state index contributed by atoms with van der Waals surface area (Å²) in [6, 6.07) is 0. The van der Waals surface area contributed by atoms with Crippen LogP contribution in [0.5, 0.6) is 0 Å². The second-order valence-electron chi connectivity index (χ2n) is 6.36. The Balaban J connectivity index is 4.53. The molecule has 0 rings (SSSR count). The van der Waals surface area contributed by atoms with Gasteiger partial charge in [-0.3, -0.25) is 0 Å². The Labute approximate surface area is 95.1 Å². The lowest BCUT2D eigenvalue weighted by Gasteiger charge is -2.27. The van der Waals surface area contributed by atoms with Crippen LogP contribution in [-0.2, 0) is 4.84 Å². The van der Waals surface area contributed by atoms with Crippen LogP contribution >= 0.6 is 0 Å². The van der Waals surface area contributed by atoms with Gasteiger partial charge in [-0.25, -0.2) is 0 Å². The van der Waals surface area contributed by atoms with Gasteiger partial charge in [0, 0.05) is 5.41 Å². The van der Waals surface area contributed by atoms with Gasteiger partial charge in [-0.1, -0.05) is 53.6 Å². The number of hydrogen-bond acceptors (Lipinski definition) is 2. The maximum Gasteiger partial charge on any atom is 0.116 e. The van der Waals surface area contributed by atoms with Crippen molar-refractivity contribution in [3.63, 3.8) is 0 Å². The summed E-state index contributed by atoms with van der Waals surface area (Å²) >= 11 is 0. The zero-order valence-corrected chi connectivity index (χ0v) is 11.5. The topological polar surface area (TPSA) is 21.6 Å². The summed E-state index contributed by atoms with van der Waals surface area (Å²) in [5.41, 5.74) is 1.52. The molecule has 0 radical (unpaired) electrons. The highest BCUT2D eigenvalue weighted by atomic mass is 16.6. The molecule has 0 aliphatic carbocycles. The van der Waals surface area contributed by atoms with E-state index in [1.54, 1.807) is 0 Å². The predicted octanol–water partition coefficient (Wildman–Crippen LogP) is 4.25. The van der Waals surface area contributed by atoms with Gasteiger partial charge < -0.3 is 4.84 Å². The normalized spacial score (nSPS) is 14.2. The van der Waals surface area contributed by atoms with Crippen molar-refractivity contribution in [2.24, 2.45) is 16.0 Å². The van der Waals surface area contributed by atoms with E-state index in [0.717, 1.165) is 18.6 Å². The molecule has 0 aromatic heterocycles. The van der Waals surface area contributed by atoms with E-state index in [-0.39, 0.29) is 10.8 Å². The van der Waals surface area contributed by atoms with Gasteiger partial charge in [-0.2, -0.15) is 0 Å². The smallest absolute Gasteiger partial charge is 0.116 e. The summed E-state index contributed by atoms with van der Waals surface area (Å²) in [6.45, 7) is 16.1. The molecule has 0 saturated carbocycles. The molecule has 2 heteroatoms. The summed E-state index contributed by atoms with van der Waals surface area (Å²) in [5.74, 6) is 0. The Bertz CT molecular complexity index is 206. The van der Waals surface area contributed by atoms with E-state index in [9.17, 15) is 0 Å². The molecule has 15 heavy (non-hydrogen) atoms. The SMILES string of the molecule is CCCON=C(CC(C)(C)C)C(C)(C)C. The minimum Gasteiger partial charge on any atom is -0.396 e. The first-order chi connectivity index (χ1) is 6.67. The van der Waals surface area contributed by atoms with E-state index in [4.69, 9.17) is 4.84 Å². The van der Waals surface area contributed by atoms with Gasteiger partial charge in [-0.15, -0.1) is 0 Å². The van der Waals surface area contributed by atoms with E-state index in [2.05, 4.69) is 53.6 Å². The van der Waals surface area contributed by atoms with Crippen LogP contribution in [0.3, 0.4) is 0 Å². The molecule has 0 saturated heterocycles. The van der Waals surface area contributed by atoms with Gasteiger partial charge in [0.1, 0.15) is 6.61 Å². The second-order valence-corrected chi connectivity index (χ2v) is 6.36. The predicted molar refractivity (Wildman–Crippen MR) is 67.2 cm³/mol. The van der Waals surface area contributed by atoms with E-state index >= 15 is 0 Å². The molecule has 90 valence electrons. The first-order valence-corrected chi connectivity index (χ1v) is 5.86. The molecule has 2 nitrogen and oxygen atoms in total. The maximum atomic E-state index is 5.31. The zero-order valence-electron chi connectivity index (χ0n) is 11.5. The van der Waals surface area contributed by atoms with Crippen LogP contribution in [0.2, 0.25) is 0 Å². The lowest BCUT2D eigenvalue weighted by Crippen LogP contribution is -2.26. The Morgan fingerprint density at radius 1 is 1.07 bits per heavy atom. The molecule has 0 unspecified atom stereocenters. The molecule has 0 fully saturated rings. The van der Waals surface area contributed by atoms with Crippen LogP contribution in [0.25, 0.3) is 0 Å². The van der Waals surface area contributed by atoms with Crippen LogP contribution in [0, 0.1) is 10.8 Å². The monoisotopic (exact) mass is 213 g/mol. The first-order valence-electron chi connectivity index (χ1n) is 5.86. The third-order valence-corrected chi connectivity index (χ3v) is 2.03. The molecule has 0 aromatic rings. The highest BCUT2D eigenvalue weighted by molar-refractivity contribution is 5.89. The lowest BCUT2D eigenvalue weighted by atomic mass is 9.79. The van der Waals surface area contributed by atoms with Gasteiger partial charge in [0.15, 0.2) is 0 Å². The molecule has 0 aromatic carbocycles. The molecule has 0 bridgehead atoms. The van der Waals surface area contributed by atoms with Crippen LogP contribution in [0.4, 0.5) is 0 Å². The third kappa shape index (κ3) is 7.40. The van der Waals surface area contributed by atoms with E-state index in [1.165, 1.54) is 0 Å². The molecule has 0 amide bonds. The Morgan fingerprint density at radius 2 is 1.60 bits per heavy atom. The van der Waals surface area contributed by atoms with Gasteiger partial charge in [0.2, 0.25) is 0 Å². The zero-order chi connectivity index (χ0) is 12.1. The average molecular weight is 213 g/mol. The summed E-state index contributed by atoms with van der Waals surface area (Å²) < 4.78 is 0. The van der Waals surface area contributed by atoms with E-state index in [1.807, 2.05) is 0 Å². The lowest BCUT2D eigenvalue weighted by molar-refractivity contribution is 0.140. The second kappa shape index (κ2) is 5.53. The number of hydrogen-bond donors (Lipinski definition) is 0.